The molecule has 3 N–H and O–H groups in total. The molecule has 2 aromatic rings. The monoisotopic (exact) mass is 392 g/mol. The molecule has 0 heterocycles. The first kappa shape index (κ1) is 20.4. The largest absolute Gasteiger partial charge is 0.493 e. The number of carbonyl (C=O) groups excluding carboxylic acids is 2. The smallest absolute Gasteiger partial charge is 0.341 e. The van der Waals surface area contributed by atoms with Gasteiger partial charge >= 0.3 is 5.97 Å². The Morgan fingerprint density at radius 3 is 2.44 bits per heavy atom. The minimum absolute atomic E-state index is 0.152. The van der Waals surface area contributed by atoms with Crippen molar-refractivity contribution in [3.8, 4) is 11.5 Å². The van der Waals surface area contributed by atoms with Crippen molar-refractivity contribution in [3.05, 3.63) is 52.5 Å². The number of anilines is 1. The molecule has 1 amide bonds. The number of rotatable bonds is 7. The number of amides is 1. The molecular formula is C19H21ClN2O5. The lowest BCUT2D eigenvalue weighted by Crippen LogP contribution is -2.35. The number of carbonyl (C=O) groups is 2. The number of halogens is 1. The summed E-state index contributed by atoms with van der Waals surface area (Å²) < 4.78 is 15.6. The summed E-state index contributed by atoms with van der Waals surface area (Å²) in [5, 5.41) is 3.11. The lowest BCUT2D eigenvalue weighted by atomic mass is 10.2. The van der Waals surface area contributed by atoms with Crippen molar-refractivity contribution < 1.29 is 23.8 Å². The molecule has 0 saturated heterocycles. The van der Waals surface area contributed by atoms with E-state index in [0.29, 0.717) is 16.5 Å². The summed E-state index contributed by atoms with van der Waals surface area (Å²) in [6.07, 6.45) is -0.993. The van der Waals surface area contributed by atoms with Gasteiger partial charge in [0.2, 0.25) is 0 Å². The van der Waals surface area contributed by atoms with Crippen LogP contribution in [0.3, 0.4) is 0 Å². The Labute approximate surface area is 162 Å². The van der Waals surface area contributed by atoms with E-state index in [1.165, 1.54) is 32.2 Å². The van der Waals surface area contributed by atoms with E-state index in [9.17, 15) is 9.59 Å². The van der Waals surface area contributed by atoms with Crippen LogP contribution in [0.5, 0.6) is 11.5 Å². The first-order valence-electron chi connectivity index (χ1n) is 8.10. The SMILES string of the molecule is COc1ccc(CNC(=O)[C@H](C)OC(=O)c2ccc(Cl)cc2N)cc1OC. The second-order valence-corrected chi connectivity index (χ2v) is 6.12. The zero-order chi connectivity index (χ0) is 20.0. The molecule has 0 radical (unpaired) electrons. The third-order valence-electron chi connectivity index (χ3n) is 3.80. The summed E-state index contributed by atoms with van der Waals surface area (Å²) in [6, 6.07) is 9.72. The predicted octanol–water partition coefficient (Wildman–Crippen LogP) is 2.80. The average molecular weight is 393 g/mol. The molecule has 0 saturated carbocycles. The van der Waals surface area contributed by atoms with Crippen LogP contribution in [0.1, 0.15) is 22.8 Å². The molecule has 0 aliphatic rings. The molecule has 27 heavy (non-hydrogen) atoms. The van der Waals surface area contributed by atoms with Crippen molar-refractivity contribution in [3.63, 3.8) is 0 Å². The molecule has 8 heteroatoms. The van der Waals surface area contributed by atoms with E-state index in [0.717, 1.165) is 5.56 Å². The van der Waals surface area contributed by atoms with E-state index in [-0.39, 0.29) is 17.8 Å². The van der Waals surface area contributed by atoms with Crippen molar-refractivity contribution in [2.24, 2.45) is 0 Å². The van der Waals surface area contributed by atoms with E-state index < -0.39 is 18.0 Å². The van der Waals surface area contributed by atoms with Crippen LogP contribution in [-0.2, 0) is 16.1 Å². The van der Waals surface area contributed by atoms with E-state index in [1.807, 2.05) is 0 Å². The number of esters is 1. The second-order valence-electron chi connectivity index (χ2n) is 5.69. The summed E-state index contributed by atoms with van der Waals surface area (Å²) in [6.45, 7) is 1.72. The molecule has 0 fully saturated rings. The van der Waals surface area contributed by atoms with E-state index >= 15 is 0 Å². The van der Waals surface area contributed by atoms with Crippen LogP contribution < -0.4 is 20.5 Å². The van der Waals surface area contributed by atoms with Crippen LogP contribution in [0.15, 0.2) is 36.4 Å². The fourth-order valence-corrected chi connectivity index (χ4v) is 2.50. The van der Waals surface area contributed by atoms with Gasteiger partial charge in [-0.3, -0.25) is 4.79 Å². The van der Waals surface area contributed by atoms with Gasteiger partial charge in [-0.1, -0.05) is 17.7 Å². The highest BCUT2D eigenvalue weighted by atomic mass is 35.5. The molecular weight excluding hydrogens is 372 g/mol. The fourth-order valence-electron chi connectivity index (χ4n) is 2.32. The first-order chi connectivity index (χ1) is 12.8. The standard InChI is InChI=1S/C19H21ClN2O5/c1-11(27-19(24)14-6-5-13(20)9-15(14)21)18(23)22-10-12-4-7-16(25-2)17(8-12)26-3/h4-9,11H,10,21H2,1-3H3,(H,22,23)/t11-/m0/s1. The molecule has 0 aliphatic heterocycles. The molecule has 0 aliphatic carbocycles. The molecule has 2 aromatic carbocycles. The molecule has 0 bridgehead atoms. The minimum atomic E-state index is -0.993. The van der Waals surface area contributed by atoms with Crippen LogP contribution in [0, 0.1) is 0 Å². The van der Waals surface area contributed by atoms with Crippen LogP contribution in [0.25, 0.3) is 0 Å². The summed E-state index contributed by atoms with van der Waals surface area (Å²) in [4.78, 5) is 24.4. The van der Waals surface area contributed by atoms with Gasteiger partial charge in [0.15, 0.2) is 17.6 Å². The predicted molar refractivity (Wildman–Crippen MR) is 102 cm³/mol. The van der Waals surface area contributed by atoms with E-state index in [2.05, 4.69) is 5.32 Å². The lowest BCUT2D eigenvalue weighted by Gasteiger charge is -2.15. The van der Waals surface area contributed by atoms with Gasteiger partial charge in [0.05, 0.1) is 19.8 Å². The lowest BCUT2D eigenvalue weighted by molar-refractivity contribution is -0.129. The Kier molecular flexibility index (Phi) is 6.90. The number of nitrogens with two attached hydrogens (primary N) is 1. The zero-order valence-electron chi connectivity index (χ0n) is 15.2. The number of hydrogen-bond donors (Lipinski definition) is 2. The van der Waals surface area contributed by atoms with Gasteiger partial charge < -0.3 is 25.3 Å². The van der Waals surface area contributed by atoms with Crippen LogP contribution in [0.4, 0.5) is 5.69 Å². The highest BCUT2D eigenvalue weighted by Gasteiger charge is 2.20. The number of ether oxygens (including phenoxy) is 3. The Hall–Kier alpha value is -2.93. The summed E-state index contributed by atoms with van der Waals surface area (Å²) >= 11 is 5.80. The van der Waals surface area contributed by atoms with Crippen molar-refractivity contribution in [2.45, 2.75) is 19.6 Å². The maximum atomic E-state index is 12.2. The number of methoxy groups -OCH3 is 2. The third kappa shape index (κ3) is 5.27. The second kappa shape index (κ2) is 9.14. The zero-order valence-corrected chi connectivity index (χ0v) is 16.0. The average Bonchev–Trinajstić information content (AvgIpc) is 2.65. The Morgan fingerprint density at radius 2 is 1.81 bits per heavy atom. The molecule has 0 spiro atoms. The number of nitrogen functional groups attached to an aromatic ring is 1. The van der Waals surface area contributed by atoms with Gasteiger partial charge in [-0.2, -0.15) is 0 Å². The van der Waals surface area contributed by atoms with Gasteiger partial charge in [-0.05, 0) is 42.8 Å². The highest BCUT2D eigenvalue weighted by Crippen LogP contribution is 2.27. The third-order valence-corrected chi connectivity index (χ3v) is 4.04. The summed E-state index contributed by atoms with van der Waals surface area (Å²) in [5.74, 6) is 0.0148. The molecule has 7 nitrogen and oxygen atoms in total. The normalized spacial score (nSPS) is 11.4. The number of benzene rings is 2. The maximum absolute atomic E-state index is 12.2. The molecule has 0 unspecified atom stereocenters. The van der Waals surface area contributed by atoms with Crippen LogP contribution in [-0.4, -0.2) is 32.2 Å². The molecule has 144 valence electrons. The van der Waals surface area contributed by atoms with Gasteiger partial charge in [-0.15, -0.1) is 0 Å². The Morgan fingerprint density at radius 1 is 1.11 bits per heavy atom. The Balaban J connectivity index is 1.94. The quantitative estimate of drug-likeness (QED) is 0.555. The molecule has 0 aromatic heterocycles. The van der Waals surface area contributed by atoms with Gasteiger partial charge in [-0.25, -0.2) is 4.79 Å². The van der Waals surface area contributed by atoms with Gasteiger partial charge in [0.1, 0.15) is 0 Å². The maximum Gasteiger partial charge on any atom is 0.341 e. The fraction of sp³-hybridized carbons (Fsp3) is 0.263. The summed E-state index contributed by atoms with van der Waals surface area (Å²) in [5.41, 5.74) is 6.90. The highest BCUT2D eigenvalue weighted by molar-refractivity contribution is 6.31. The van der Waals surface area contributed by atoms with Crippen molar-refractivity contribution in [2.75, 3.05) is 20.0 Å². The summed E-state index contributed by atoms with van der Waals surface area (Å²) in [7, 11) is 3.08. The first-order valence-corrected chi connectivity index (χ1v) is 8.48. The van der Waals surface area contributed by atoms with Gasteiger partial charge in [0.25, 0.3) is 5.91 Å². The van der Waals surface area contributed by atoms with E-state index in [4.69, 9.17) is 31.5 Å². The molecule has 1 atom stereocenters. The Bertz CT molecular complexity index is 841. The molecule has 2 rings (SSSR count). The van der Waals surface area contributed by atoms with E-state index in [1.54, 1.807) is 25.3 Å². The van der Waals surface area contributed by atoms with Gasteiger partial charge in [0, 0.05) is 17.3 Å². The number of nitrogens with one attached hydrogen (secondary N) is 1. The topological polar surface area (TPSA) is 99.9 Å². The van der Waals surface area contributed by atoms with Crippen molar-refractivity contribution in [1.82, 2.24) is 5.32 Å². The minimum Gasteiger partial charge on any atom is -0.493 e. The van der Waals surface area contributed by atoms with Crippen LogP contribution >= 0.6 is 11.6 Å². The van der Waals surface area contributed by atoms with Crippen molar-refractivity contribution >= 4 is 29.2 Å². The van der Waals surface area contributed by atoms with Crippen LogP contribution in [0.2, 0.25) is 5.02 Å². The van der Waals surface area contributed by atoms with Crippen molar-refractivity contribution in [1.29, 1.82) is 0 Å². The number of hydrogen-bond acceptors (Lipinski definition) is 6.